The van der Waals surface area contributed by atoms with E-state index in [-0.39, 0.29) is 5.91 Å². The van der Waals surface area contributed by atoms with E-state index in [4.69, 9.17) is 4.74 Å². The average Bonchev–Trinajstić information content (AvgIpc) is 3.08. The summed E-state index contributed by atoms with van der Waals surface area (Å²) in [5.74, 6) is 0.142. The van der Waals surface area contributed by atoms with E-state index in [1.807, 2.05) is 4.90 Å². The molecule has 0 saturated carbocycles. The largest absolute Gasteiger partial charge is 0.383 e. The summed E-state index contributed by atoms with van der Waals surface area (Å²) >= 11 is 0. The summed E-state index contributed by atoms with van der Waals surface area (Å²) in [5, 5.41) is 3.16. The molecular formula is C22H33N3O2. The lowest BCUT2D eigenvalue weighted by Crippen LogP contribution is -2.39. The third-order valence-electron chi connectivity index (χ3n) is 4.61. The highest BCUT2D eigenvalue weighted by molar-refractivity contribution is 5.78. The van der Waals surface area contributed by atoms with Gasteiger partial charge in [0.1, 0.15) is 0 Å². The van der Waals surface area contributed by atoms with Crippen LogP contribution in [0, 0.1) is 6.92 Å². The summed E-state index contributed by atoms with van der Waals surface area (Å²) in [5.41, 5.74) is 3.71. The Labute approximate surface area is 163 Å². The molecule has 0 aliphatic rings. The van der Waals surface area contributed by atoms with Crippen molar-refractivity contribution >= 4 is 5.91 Å². The minimum atomic E-state index is 0.142. The Hall–Kier alpha value is -2.11. The molecule has 0 fully saturated rings. The molecule has 0 aliphatic heterocycles. The monoisotopic (exact) mass is 371 g/mol. The topological polar surface area (TPSA) is 46.5 Å². The molecule has 0 aliphatic carbocycles. The second-order valence-corrected chi connectivity index (χ2v) is 6.95. The van der Waals surface area contributed by atoms with Gasteiger partial charge in [-0.25, -0.2) is 0 Å². The van der Waals surface area contributed by atoms with Gasteiger partial charge >= 0.3 is 0 Å². The van der Waals surface area contributed by atoms with E-state index in [1.165, 1.54) is 11.1 Å². The van der Waals surface area contributed by atoms with Crippen molar-refractivity contribution in [3.63, 3.8) is 0 Å². The summed E-state index contributed by atoms with van der Waals surface area (Å²) < 4.78 is 7.26. The van der Waals surface area contributed by atoms with E-state index < -0.39 is 0 Å². The highest BCUT2D eigenvalue weighted by Gasteiger charge is 2.15. The lowest BCUT2D eigenvalue weighted by molar-refractivity contribution is -0.131. The molecule has 1 aromatic carbocycles. The number of nitrogens with zero attached hydrogens (tertiary/aromatic N) is 2. The predicted molar refractivity (Wildman–Crippen MR) is 110 cm³/mol. The lowest BCUT2D eigenvalue weighted by atomic mass is 10.1. The summed E-state index contributed by atoms with van der Waals surface area (Å²) in [7, 11) is 1.67. The van der Waals surface area contributed by atoms with E-state index in [2.05, 4.69) is 66.3 Å². The summed E-state index contributed by atoms with van der Waals surface area (Å²) in [6.45, 7) is 8.18. The van der Waals surface area contributed by atoms with Crippen LogP contribution in [0.3, 0.4) is 0 Å². The number of carbonyl (C=O) groups is 1. The maximum absolute atomic E-state index is 12.7. The van der Waals surface area contributed by atoms with Crippen LogP contribution in [0.25, 0.3) is 0 Å². The quantitative estimate of drug-likeness (QED) is 0.583. The Morgan fingerprint density at radius 1 is 1.26 bits per heavy atom. The van der Waals surface area contributed by atoms with Gasteiger partial charge in [0.05, 0.1) is 19.7 Å². The van der Waals surface area contributed by atoms with E-state index in [9.17, 15) is 4.79 Å². The second-order valence-electron chi connectivity index (χ2n) is 6.95. The minimum Gasteiger partial charge on any atom is -0.383 e. The normalized spacial score (nSPS) is 10.9. The molecule has 27 heavy (non-hydrogen) atoms. The van der Waals surface area contributed by atoms with E-state index in [0.717, 1.165) is 31.6 Å². The van der Waals surface area contributed by atoms with Gasteiger partial charge in [0.15, 0.2) is 0 Å². The zero-order valence-electron chi connectivity index (χ0n) is 16.9. The van der Waals surface area contributed by atoms with Gasteiger partial charge in [-0.1, -0.05) is 43.2 Å². The molecule has 0 unspecified atom stereocenters. The molecule has 5 nitrogen and oxygen atoms in total. The van der Waals surface area contributed by atoms with Crippen molar-refractivity contribution in [3.8, 4) is 0 Å². The molecule has 0 atom stereocenters. The number of aromatic nitrogens is 1. The first-order valence-electron chi connectivity index (χ1n) is 9.81. The number of amides is 1. The number of unbranched alkanes of at least 4 members (excludes halogenated alkanes) is 1. The molecule has 0 spiro atoms. The summed E-state index contributed by atoms with van der Waals surface area (Å²) in [6, 6.07) is 12.7. The first kappa shape index (κ1) is 21.2. The van der Waals surface area contributed by atoms with Gasteiger partial charge in [-0.2, -0.15) is 0 Å². The Morgan fingerprint density at radius 2 is 2.11 bits per heavy atom. The first-order chi connectivity index (χ1) is 13.1. The Morgan fingerprint density at radius 3 is 2.85 bits per heavy atom. The number of hydrogen-bond acceptors (Lipinski definition) is 3. The molecule has 0 saturated heterocycles. The van der Waals surface area contributed by atoms with Gasteiger partial charge in [-0.05, 0) is 31.0 Å². The molecule has 0 radical (unpaired) electrons. The Bertz CT molecular complexity index is 696. The van der Waals surface area contributed by atoms with Crippen LogP contribution in [-0.2, 0) is 22.6 Å². The highest BCUT2D eigenvalue weighted by atomic mass is 16.5. The molecule has 1 amide bonds. The molecule has 2 rings (SSSR count). The minimum absolute atomic E-state index is 0.142. The third kappa shape index (κ3) is 7.19. The van der Waals surface area contributed by atoms with Gasteiger partial charge in [-0.3, -0.25) is 4.79 Å². The van der Waals surface area contributed by atoms with Crippen LogP contribution in [0.2, 0.25) is 0 Å². The first-order valence-corrected chi connectivity index (χ1v) is 9.81. The van der Waals surface area contributed by atoms with Gasteiger partial charge in [0.2, 0.25) is 5.91 Å². The van der Waals surface area contributed by atoms with Crippen LogP contribution in [0.15, 0.2) is 42.6 Å². The number of nitrogens with one attached hydrogen (secondary N) is 1. The van der Waals surface area contributed by atoms with Gasteiger partial charge < -0.3 is 19.5 Å². The molecule has 1 aromatic heterocycles. The Kier molecular flexibility index (Phi) is 9.08. The third-order valence-corrected chi connectivity index (χ3v) is 4.61. The number of rotatable bonds is 12. The van der Waals surface area contributed by atoms with Gasteiger partial charge in [0.25, 0.3) is 0 Å². The van der Waals surface area contributed by atoms with Gasteiger partial charge in [0, 0.05) is 38.6 Å². The summed E-state index contributed by atoms with van der Waals surface area (Å²) in [6.07, 6.45) is 4.19. The fraction of sp³-hybridized carbons (Fsp3) is 0.500. The van der Waals surface area contributed by atoms with Crippen molar-refractivity contribution in [1.82, 2.24) is 14.8 Å². The smallest absolute Gasteiger partial charge is 0.236 e. The standard InChI is InChI=1S/C22H33N3O2/c1-4-5-12-25(22(26)16-23-11-14-27-3)18-21-10-7-13-24(21)17-20-9-6-8-19(2)15-20/h6-10,13,15,23H,4-5,11-12,14,16-18H2,1-3H3. The van der Waals surface area contributed by atoms with Crippen molar-refractivity contribution in [2.75, 3.05) is 33.4 Å². The van der Waals surface area contributed by atoms with Crippen LogP contribution in [0.4, 0.5) is 0 Å². The lowest BCUT2D eigenvalue weighted by Gasteiger charge is -2.24. The zero-order valence-corrected chi connectivity index (χ0v) is 16.9. The van der Waals surface area contributed by atoms with Crippen LogP contribution in [0.1, 0.15) is 36.6 Å². The van der Waals surface area contributed by atoms with E-state index in [1.54, 1.807) is 7.11 Å². The number of benzene rings is 1. The molecule has 2 aromatic rings. The predicted octanol–water partition coefficient (Wildman–Crippen LogP) is 3.21. The maximum Gasteiger partial charge on any atom is 0.236 e. The van der Waals surface area contributed by atoms with Gasteiger partial charge in [-0.15, -0.1) is 0 Å². The van der Waals surface area contributed by atoms with Crippen LogP contribution in [-0.4, -0.2) is 48.7 Å². The number of ether oxygens (including phenoxy) is 1. The maximum atomic E-state index is 12.7. The molecule has 1 heterocycles. The number of carbonyl (C=O) groups excluding carboxylic acids is 1. The van der Waals surface area contributed by atoms with E-state index >= 15 is 0 Å². The molecule has 1 N–H and O–H groups in total. The molecule has 0 bridgehead atoms. The second kappa shape index (κ2) is 11.6. The fourth-order valence-corrected chi connectivity index (χ4v) is 3.07. The van der Waals surface area contributed by atoms with Crippen molar-refractivity contribution in [2.45, 2.75) is 39.8 Å². The Balaban J connectivity index is 2.02. The van der Waals surface area contributed by atoms with Crippen molar-refractivity contribution in [3.05, 3.63) is 59.4 Å². The van der Waals surface area contributed by atoms with Crippen LogP contribution in [0.5, 0.6) is 0 Å². The van der Waals surface area contributed by atoms with Crippen molar-refractivity contribution < 1.29 is 9.53 Å². The summed E-state index contributed by atoms with van der Waals surface area (Å²) in [4.78, 5) is 14.6. The van der Waals surface area contributed by atoms with Crippen LogP contribution >= 0.6 is 0 Å². The SMILES string of the molecule is CCCCN(Cc1cccn1Cc1cccc(C)c1)C(=O)CNCCOC. The molecule has 148 valence electrons. The number of hydrogen-bond donors (Lipinski definition) is 1. The van der Waals surface area contributed by atoms with E-state index in [0.29, 0.717) is 26.2 Å². The number of aryl methyl sites for hydroxylation is 1. The molecular weight excluding hydrogens is 338 g/mol. The fourth-order valence-electron chi connectivity index (χ4n) is 3.07. The highest BCUT2D eigenvalue weighted by Crippen LogP contribution is 2.12. The average molecular weight is 372 g/mol. The van der Waals surface area contributed by atoms with Crippen molar-refractivity contribution in [2.24, 2.45) is 0 Å². The molecule has 5 heteroatoms. The van der Waals surface area contributed by atoms with Crippen LogP contribution < -0.4 is 5.32 Å². The van der Waals surface area contributed by atoms with Crippen molar-refractivity contribution in [1.29, 1.82) is 0 Å². The number of methoxy groups -OCH3 is 1. The zero-order chi connectivity index (χ0) is 19.5.